The normalized spacial score (nSPS) is 6.20. The highest BCUT2D eigenvalue weighted by atomic mass is 16.3. The maximum Gasteiger partial charge on any atom is 0.115 e. The summed E-state index contributed by atoms with van der Waals surface area (Å²) in [7, 11) is 0. The summed E-state index contributed by atoms with van der Waals surface area (Å²) in [4.78, 5) is 0. The summed E-state index contributed by atoms with van der Waals surface area (Å²) in [5.74, 6) is 0.322. The Morgan fingerprint density at radius 1 is 1.00 bits per heavy atom. The first-order valence-corrected chi connectivity index (χ1v) is 2.33. The van der Waals surface area contributed by atoms with Crippen molar-refractivity contribution in [2.75, 3.05) is 0 Å². The number of phenolic OH excluding ortho intramolecular Hbond substituents is 1. The topological polar surface area (TPSA) is 99.3 Å². The second-order valence-electron chi connectivity index (χ2n) is 1.34. The van der Waals surface area contributed by atoms with Crippen LogP contribution in [0.2, 0.25) is 0 Å². The molecule has 1 aromatic rings. The quantitative estimate of drug-likeness (QED) is 0.534. The van der Waals surface area contributed by atoms with E-state index in [2.05, 4.69) is 0 Å². The van der Waals surface area contributed by atoms with Crippen LogP contribution < -0.4 is 0 Å². The average Bonchev–Trinajstić information content (AvgIpc) is 1.94. The van der Waals surface area contributed by atoms with E-state index >= 15 is 0 Å². The monoisotopic (exact) mass is 140 g/mol. The molecule has 0 aliphatic rings. The molecule has 0 saturated carbocycles. The van der Waals surface area contributed by atoms with Crippen LogP contribution in [-0.2, 0) is 0 Å². The molecule has 3 N–H and O–H groups in total. The molecule has 1 rings (SSSR count). The van der Waals surface area contributed by atoms with Crippen molar-refractivity contribution in [3.63, 3.8) is 0 Å². The number of phenols is 1. The van der Waals surface area contributed by atoms with E-state index in [1.54, 1.807) is 24.3 Å². The molecule has 0 aliphatic heterocycles. The minimum atomic E-state index is 0. The molecule has 0 fully saturated rings. The zero-order valence-corrected chi connectivity index (χ0v) is 5.23. The van der Waals surface area contributed by atoms with Gasteiger partial charge in [0.15, 0.2) is 0 Å². The molecule has 10 heavy (non-hydrogen) atoms. The first kappa shape index (κ1) is 11.2. The Balaban J connectivity index is 0. The molecule has 4 nitrogen and oxygen atoms in total. The SMILES string of the molecule is N#N.O.Oc1ccccc1. The van der Waals surface area contributed by atoms with Gasteiger partial charge in [0.25, 0.3) is 0 Å². The highest BCUT2D eigenvalue weighted by Crippen LogP contribution is 2.02. The van der Waals surface area contributed by atoms with Crippen LogP contribution in [0.15, 0.2) is 30.3 Å². The van der Waals surface area contributed by atoms with Gasteiger partial charge in [0.1, 0.15) is 5.75 Å². The maximum absolute atomic E-state index is 8.63. The van der Waals surface area contributed by atoms with Crippen molar-refractivity contribution >= 4 is 0 Å². The third kappa shape index (κ3) is 4.56. The predicted molar refractivity (Wildman–Crippen MR) is 35.2 cm³/mol. The van der Waals surface area contributed by atoms with Gasteiger partial charge in [-0.05, 0) is 12.1 Å². The second kappa shape index (κ2) is 7.40. The van der Waals surface area contributed by atoms with E-state index < -0.39 is 0 Å². The maximum atomic E-state index is 8.63. The summed E-state index contributed by atoms with van der Waals surface area (Å²) in [5.41, 5.74) is 0. The fraction of sp³-hybridized carbons (Fsp3) is 0. The van der Waals surface area contributed by atoms with E-state index in [9.17, 15) is 0 Å². The van der Waals surface area contributed by atoms with Crippen LogP contribution in [0.4, 0.5) is 0 Å². The van der Waals surface area contributed by atoms with Gasteiger partial charge < -0.3 is 10.6 Å². The van der Waals surface area contributed by atoms with Gasteiger partial charge in [-0.15, -0.1) is 0 Å². The molecule has 0 atom stereocenters. The highest BCUT2D eigenvalue weighted by molar-refractivity contribution is 5.18. The lowest BCUT2D eigenvalue weighted by Gasteiger charge is -1.82. The molecule has 54 valence electrons. The molecule has 0 aromatic heterocycles. The third-order valence-corrected chi connectivity index (χ3v) is 0.756. The Hall–Kier alpha value is -1.60. The van der Waals surface area contributed by atoms with Crippen LogP contribution in [-0.4, -0.2) is 10.6 Å². The summed E-state index contributed by atoms with van der Waals surface area (Å²) in [6.07, 6.45) is 0. The molecule has 0 spiro atoms. The van der Waals surface area contributed by atoms with Gasteiger partial charge in [0, 0.05) is 10.8 Å². The lowest BCUT2D eigenvalue weighted by atomic mass is 10.3. The van der Waals surface area contributed by atoms with Crippen molar-refractivity contribution in [1.29, 1.82) is 10.8 Å². The van der Waals surface area contributed by atoms with Gasteiger partial charge in [-0.1, -0.05) is 18.2 Å². The van der Waals surface area contributed by atoms with E-state index in [1.807, 2.05) is 6.07 Å². The lowest BCUT2D eigenvalue weighted by Crippen LogP contribution is -1.56. The van der Waals surface area contributed by atoms with Gasteiger partial charge in [0.05, 0.1) is 0 Å². The molecule has 0 amide bonds. The Morgan fingerprint density at radius 3 is 1.60 bits per heavy atom. The molecular weight excluding hydrogens is 132 g/mol. The van der Waals surface area contributed by atoms with Crippen LogP contribution in [0.5, 0.6) is 5.75 Å². The van der Waals surface area contributed by atoms with Crippen molar-refractivity contribution in [1.82, 2.24) is 0 Å². The number of hydrogen-bond acceptors (Lipinski definition) is 3. The molecule has 0 saturated heterocycles. The minimum Gasteiger partial charge on any atom is -0.508 e. The van der Waals surface area contributed by atoms with Gasteiger partial charge in [-0.2, -0.15) is 0 Å². The first-order chi connectivity index (χ1) is 4.39. The zero-order valence-electron chi connectivity index (χ0n) is 5.23. The zero-order chi connectivity index (χ0) is 7.11. The molecule has 0 heterocycles. The smallest absolute Gasteiger partial charge is 0.115 e. The van der Waals surface area contributed by atoms with Crippen LogP contribution >= 0.6 is 0 Å². The van der Waals surface area contributed by atoms with Crippen molar-refractivity contribution in [2.24, 2.45) is 0 Å². The molecule has 4 heteroatoms. The average molecular weight is 140 g/mol. The largest absolute Gasteiger partial charge is 0.508 e. The molecule has 0 unspecified atom stereocenters. The number of rotatable bonds is 0. The molecular formula is C6H8N2O2. The van der Waals surface area contributed by atoms with E-state index in [4.69, 9.17) is 15.9 Å². The number of nitrogens with zero attached hydrogens (tertiary/aromatic N) is 2. The summed E-state index contributed by atoms with van der Waals surface area (Å²) in [6, 6.07) is 8.71. The lowest BCUT2D eigenvalue weighted by molar-refractivity contribution is 0.475. The van der Waals surface area contributed by atoms with E-state index in [-0.39, 0.29) is 5.48 Å². The van der Waals surface area contributed by atoms with Crippen molar-refractivity contribution < 1.29 is 10.6 Å². The van der Waals surface area contributed by atoms with Crippen LogP contribution in [0.1, 0.15) is 0 Å². The fourth-order valence-electron chi connectivity index (χ4n) is 0.428. The van der Waals surface area contributed by atoms with Crippen LogP contribution in [0, 0.1) is 10.8 Å². The second-order valence-corrected chi connectivity index (χ2v) is 1.34. The predicted octanol–water partition coefficient (Wildman–Crippen LogP) is 0.598. The molecule has 1 aromatic carbocycles. The first-order valence-electron chi connectivity index (χ1n) is 2.33. The van der Waals surface area contributed by atoms with Gasteiger partial charge in [-0.25, -0.2) is 0 Å². The Bertz CT molecular complexity index is 174. The van der Waals surface area contributed by atoms with Crippen LogP contribution in [0.3, 0.4) is 0 Å². The van der Waals surface area contributed by atoms with Crippen molar-refractivity contribution in [3.8, 4) is 5.75 Å². The Labute approximate surface area is 58.5 Å². The minimum absolute atomic E-state index is 0. The van der Waals surface area contributed by atoms with Gasteiger partial charge in [0.2, 0.25) is 0 Å². The number of aromatic hydroxyl groups is 1. The van der Waals surface area contributed by atoms with Crippen molar-refractivity contribution in [2.45, 2.75) is 0 Å². The summed E-state index contributed by atoms with van der Waals surface area (Å²) in [5, 5.41) is 20.6. The van der Waals surface area contributed by atoms with E-state index in [1.165, 1.54) is 0 Å². The highest BCUT2D eigenvalue weighted by Gasteiger charge is 1.74. The number of benzene rings is 1. The molecule has 0 bridgehead atoms. The standard InChI is InChI=1S/C6H6O.N2.H2O/c7-6-4-2-1-3-5-6;1-2;/h1-5,7H;;1H2. The number of para-hydroxylation sites is 1. The summed E-state index contributed by atoms with van der Waals surface area (Å²) >= 11 is 0. The summed E-state index contributed by atoms with van der Waals surface area (Å²) < 4.78 is 0. The van der Waals surface area contributed by atoms with Gasteiger partial charge >= 0.3 is 0 Å². The Kier molecular flexibility index (Phi) is 8.31. The number of hydrogen-bond donors (Lipinski definition) is 1. The Morgan fingerprint density at radius 2 is 1.40 bits per heavy atom. The fourth-order valence-corrected chi connectivity index (χ4v) is 0.428. The molecule has 0 aliphatic carbocycles. The van der Waals surface area contributed by atoms with E-state index in [0.717, 1.165) is 0 Å². The van der Waals surface area contributed by atoms with Crippen LogP contribution in [0.25, 0.3) is 0 Å². The van der Waals surface area contributed by atoms with E-state index in [0.29, 0.717) is 5.75 Å². The summed E-state index contributed by atoms with van der Waals surface area (Å²) in [6.45, 7) is 0. The van der Waals surface area contributed by atoms with Crippen molar-refractivity contribution in [3.05, 3.63) is 30.3 Å². The molecule has 0 radical (unpaired) electrons. The third-order valence-electron chi connectivity index (χ3n) is 0.756. The van der Waals surface area contributed by atoms with Gasteiger partial charge in [-0.3, -0.25) is 0 Å².